The molecule has 0 saturated carbocycles. The van der Waals surface area contributed by atoms with Gasteiger partial charge in [-0.3, -0.25) is 4.79 Å². The summed E-state index contributed by atoms with van der Waals surface area (Å²) in [5.74, 6) is -0.899. The molecule has 0 aromatic carbocycles. The normalized spacial score (nSPS) is 33.2. The minimum atomic E-state index is -1.48. The topological polar surface area (TPSA) is 113 Å². The second-order valence-electron chi connectivity index (χ2n) is 3.94. The van der Waals surface area contributed by atoms with Crippen LogP contribution in [0.3, 0.4) is 0 Å². The quantitative estimate of drug-likeness (QED) is 0.510. The number of carbonyl (C=O) groups is 2. The highest BCUT2D eigenvalue weighted by molar-refractivity contribution is 5.81. The van der Waals surface area contributed by atoms with E-state index in [0.717, 1.165) is 0 Å². The number of aliphatic hydroxyl groups is 3. The largest absolute Gasteiger partial charge is 0.454 e. The third-order valence-electron chi connectivity index (χ3n) is 2.40. The molecule has 0 radical (unpaired) electrons. The summed E-state index contributed by atoms with van der Waals surface area (Å²) in [6.07, 6.45) is -5.54. The molecule has 1 aliphatic rings. The van der Waals surface area contributed by atoms with Crippen LogP contribution < -0.4 is 0 Å². The van der Waals surface area contributed by atoms with Crippen LogP contribution in [0.5, 0.6) is 0 Å². The molecule has 7 heteroatoms. The summed E-state index contributed by atoms with van der Waals surface area (Å²) in [7, 11) is 0. The lowest BCUT2D eigenvalue weighted by atomic mass is 10.1. The van der Waals surface area contributed by atoms with Crippen LogP contribution in [0.2, 0.25) is 0 Å². The lowest BCUT2D eigenvalue weighted by Crippen LogP contribution is -2.54. The van der Waals surface area contributed by atoms with Gasteiger partial charge >= 0.3 is 5.97 Å². The Hall–Kier alpha value is -1.02. The minimum absolute atomic E-state index is 0.0289. The third-order valence-corrected chi connectivity index (χ3v) is 2.40. The summed E-state index contributed by atoms with van der Waals surface area (Å²) in [5.41, 5.74) is 0. The molecule has 1 saturated heterocycles. The Morgan fingerprint density at radius 3 is 2.53 bits per heavy atom. The van der Waals surface area contributed by atoms with Gasteiger partial charge in [-0.15, -0.1) is 0 Å². The Labute approximate surface area is 98.0 Å². The molecule has 0 spiro atoms. The highest BCUT2D eigenvalue weighted by Crippen LogP contribution is 2.17. The van der Waals surface area contributed by atoms with E-state index >= 15 is 0 Å². The van der Waals surface area contributed by atoms with Gasteiger partial charge in [0, 0.05) is 6.42 Å². The fourth-order valence-corrected chi connectivity index (χ4v) is 1.39. The van der Waals surface area contributed by atoms with Crippen molar-refractivity contribution >= 4 is 11.8 Å². The number of hydrogen-bond donors (Lipinski definition) is 3. The number of ketones is 1. The summed E-state index contributed by atoms with van der Waals surface area (Å²) in [6, 6.07) is 0. The van der Waals surface area contributed by atoms with Crippen LogP contribution in [-0.2, 0) is 19.1 Å². The lowest BCUT2D eigenvalue weighted by molar-refractivity contribution is -0.260. The van der Waals surface area contributed by atoms with Gasteiger partial charge in [0.15, 0.2) is 12.4 Å². The van der Waals surface area contributed by atoms with E-state index in [4.69, 9.17) is 9.47 Å². The Morgan fingerprint density at radius 1 is 1.29 bits per heavy atom. The average molecular weight is 248 g/mol. The number of esters is 1. The molecule has 0 unspecified atom stereocenters. The Kier molecular flexibility index (Phi) is 5.01. The van der Waals surface area contributed by atoms with Crippen molar-refractivity contribution in [1.82, 2.24) is 0 Å². The highest BCUT2D eigenvalue weighted by Gasteiger charge is 2.40. The minimum Gasteiger partial charge on any atom is -0.454 e. The van der Waals surface area contributed by atoms with Gasteiger partial charge in [-0.1, -0.05) is 0 Å². The number of rotatable bonds is 4. The number of carbonyl (C=O) groups excluding carboxylic acids is 2. The van der Waals surface area contributed by atoms with Crippen molar-refractivity contribution in [2.24, 2.45) is 0 Å². The smallest absolute Gasteiger partial charge is 0.306 e. The van der Waals surface area contributed by atoms with Gasteiger partial charge in [0.05, 0.1) is 13.0 Å². The second kappa shape index (κ2) is 6.06. The molecule has 1 fully saturated rings. The Balaban J connectivity index is 2.47. The van der Waals surface area contributed by atoms with E-state index in [9.17, 15) is 24.9 Å². The predicted octanol–water partition coefficient (Wildman–Crippen LogP) is -1.66. The molecule has 0 aromatic heterocycles. The number of hydrogen-bond acceptors (Lipinski definition) is 7. The predicted molar refractivity (Wildman–Crippen MR) is 53.8 cm³/mol. The zero-order valence-corrected chi connectivity index (χ0v) is 9.41. The summed E-state index contributed by atoms with van der Waals surface area (Å²) < 4.78 is 9.46. The van der Waals surface area contributed by atoms with Gasteiger partial charge in [0.1, 0.15) is 18.0 Å². The van der Waals surface area contributed by atoms with Gasteiger partial charge in [0.2, 0.25) is 0 Å². The van der Waals surface area contributed by atoms with Crippen molar-refractivity contribution in [3.05, 3.63) is 0 Å². The van der Waals surface area contributed by atoms with Crippen molar-refractivity contribution in [3.8, 4) is 0 Å². The molecular formula is C10H16O7. The maximum atomic E-state index is 11.3. The first-order valence-corrected chi connectivity index (χ1v) is 5.26. The fourth-order valence-electron chi connectivity index (χ4n) is 1.39. The molecule has 1 aliphatic heterocycles. The molecule has 17 heavy (non-hydrogen) atoms. The van der Waals surface area contributed by atoms with Gasteiger partial charge < -0.3 is 29.6 Å². The molecular weight excluding hydrogens is 232 g/mol. The molecule has 1 heterocycles. The van der Waals surface area contributed by atoms with E-state index in [0.29, 0.717) is 0 Å². The third kappa shape index (κ3) is 4.04. The number of Topliss-reactive ketones (excluding diaryl/α,β-unsaturated/α-hetero) is 1. The lowest BCUT2D eigenvalue weighted by Gasteiger charge is -2.34. The van der Waals surface area contributed by atoms with Crippen molar-refractivity contribution in [2.75, 3.05) is 6.61 Å². The summed E-state index contributed by atoms with van der Waals surface area (Å²) in [5, 5.41) is 28.1. The molecule has 4 atom stereocenters. The SMILES string of the molecule is CC(=O)CCC(=O)O[C@@H]1[C@@H](O)[C@@H](O)CO[C@@H]1O. The zero-order chi connectivity index (χ0) is 13.0. The average Bonchev–Trinajstić information content (AvgIpc) is 2.27. The Bertz CT molecular complexity index is 290. The molecule has 1 rings (SSSR count). The van der Waals surface area contributed by atoms with E-state index < -0.39 is 30.6 Å². The van der Waals surface area contributed by atoms with Gasteiger partial charge in [-0.05, 0) is 6.92 Å². The summed E-state index contributed by atoms with van der Waals surface area (Å²) in [4.78, 5) is 21.9. The van der Waals surface area contributed by atoms with Crippen LogP contribution in [0.1, 0.15) is 19.8 Å². The van der Waals surface area contributed by atoms with Crippen molar-refractivity contribution in [3.63, 3.8) is 0 Å². The van der Waals surface area contributed by atoms with E-state index in [1.54, 1.807) is 0 Å². The molecule has 98 valence electrons. The Morgan fingerprint density at radius 2 is 1.94 bits per heavy atom. The molecule has 0 bridgehead atoms. The van der Waals surface area contributed by atoms with E-state index in [2.05, 4.69) is 0 Å². The fraction of sp³-hybridized carbons (Fsp3) is 0.800. The van der Waals surface area contributed by atoms with Crippen LogP contribution in [0.4, 0.5) is 0 Å². The van der Waals surface area contributed by atoms with Crippen molar-refractivity contribution in [1.29, 1.82) is 0 Å². The first-order valence-electron chi connectivity index (χ1n) is 5.26. The summed E-state index contributed by atoms with van der Waals surface area (Å²) >= 11 is 0. The summed E-state index contributed by atoms with van der Waals surface area (Å²) in [6.45, 7) is 1.11. The van der Waals surface area contributed by atoms with E-state index in [-0.39, 0.29) is 25.2 Å². The van der Waals surface area contributed by atoms with Crippen molar-refractivity contribution < 1.29 is 34.4 Å². The number of aliphatic hydroxyl groups excluding tert-OH is 3. The molecule has 0 amide bonds. The standard InChI is InChI=1S/C10H16O7/c1-5(11)2-3-7(13)17-9-8(14)6(12)4-16-10(9)15/h6,8-10,12,14-15H,2-4H2,1H3/t6-,8-,9+,10-/m0/s1. The van der Waals surface area contributed by atoms with Crippen LogP contribution >= 0.6 is 0 Å². The monoisotopic (exact) mass is 248 g/mol. The zero-order valence-electron chi connectivity index (χ0n) is 9.41. The van der Waals surface area contributed by atoms with Crippen LogP contribution in [0, 0.1) is 0 Å². The van der Waals surface area contributed by atoms with Gasteiger partial charge in [-0.25, -0.2) is 0 Å². The highest BCUT2D eigenvalue weighted by atomic mass is 16.7. The van der Waals surface area contributed by atoms with Crippen LogP contribution in [-0.4, -0.2) is 58.3 Å². The van der Waals surface area contributed by atoms with E-state index in [1.807, 2.05) is 0 Å². The van der Waals surface area contributed by atoms with Crippen LogP contribution in [0.15, 0.2) is 0 Å². The van der Waals surface area contributed by atoms with Crippen molar-refractivity contribution in [2.45, 2.75) is 44.4 Å². The van der Waals surface area contributed by atoms with Crippen LogP contribution in [0.25, 0.3) is 0 Å². The van der Waals surface area contributed by atoms with Gasteiger partial charge in [-0.2, -0.15) is 0 Å². The first-order chi connectivity index (χ1) is 7.91. The number of ether oxygens (including phenoxy) is 2. The molecule has 0 aromatic rings. The van der Waals surface area contributed by atoms with Gasteiger partial charge in [0.25, 0.3) is 0 Å². The maximum Gasteiger partial charge on any atom is 0.306 e. The molecule has 3 N–H and O–H groups in total. The second-order valence-corrected chi connectivity index (χ2v) is 3.94. The molecule has 0 aliphatic carbocycles. The first kappa shape index (κ1) is 14.0. The maximum absolute atomic E-state index is 11.3. The molecule has 7 nitrogen and oxygen atoms in total. The van der Waals surface area contributed by atoms with E-state index in [1.165, 1.54) is 6.92 Å².